The van der Waals surface area contributed by atoms with Crippen LogP contribution in [-0.4, -0.2) is 38.5 Å². The summed E-state index contributed by atoms with van der Waals surface area (Å²) in [5, 5.41) is 17.1. The lowest BCUT2D eigenvalue weighted by molar-refractivity contribution is 0.411. The highest BCUT2D eigenvalue weighted by atomic mass is 127. The van der Waals surface area contributed by atoms with Crippen molar-refractivity contribution >= 4 is 51.1 Å². The van der Waals surface area contributed by atoms with E-state index < -0.39 is 18.8 Å². The molecular weight excluding hydrogens is 880 g/mol. The van der Waals surface area contributed by atoms with E-state index in [0.29, 0.717) is 47.5 Å². The molecule has 0 aliphatic heterocycles. The van der Waals surface area contributed by atoms with Crippen LogP contribution >= 0.6 is 38.5 Å². The monoisotopic (exact) mass is 910 g/mol. The Hall–Kier alpha value is -4.51. The Morgan fingerprint density at radius 1 is 0.528 bits per heavy atom. The number of rotatable bonds is 6. The van der Waals surface area contributed by atoms with Crippen LogP contribution in [0.15, 0.2) is 126 Å². The van der Waals surface area contributed by atoms with Gasteiger partial charge in [0.05, 0.1) is 29.4 Å². The first kappa shape index (κ1) is 42.9. The smallest absolute Gasteiger partial charge is 0.488 e. The lowest BCUT2D eigenvalue weighted by Crippen LogP contribution is -2.29. The van der Waals surface area contributed by atoms with Crippen molar-refractivity contribution in [3.8, 4) is 39.5 Å². The molecule has 0 atom stereocenters. The highest BCUT2D eigenvalue weighted by molar-refractivity contribution is 14.1. The zero-order chi connectivity index (χ0) is 39.1. The zero-order valence-corrected chi connectivity index (χ0v) is 32.0. The van der Waals surface area contributed by atoms with Crippen LogP contribution in [0.4, 0.5) is 26.3 Å². The van der Waals surface area contributed by atoms with Crippen molar-refractivity contribution in [1.29, 1.82) is 0 Å². The summed E-state index contributed by atoms with van der Waals surface area (Å²) in [5.41, 5.74) is 1.83. The molecular formula is C39H31BBrF6IO5. The van der Waals surface area contributed by atoms with Crippen LogP contribution in [0.2, 0.25) is 0 Å². The number of methoxy groups -OCH3 is 3. The standard InChI is InChI=1S/C13H9F2IO.C13H10F2O.C7H6BrFO.C6H6BFO2/c1-17-13-6-10(11(15)7-12(13)16)8-3-2-4-9(14)5-8;1-16-11-5-6-13(15)12(8-11)9-3-2-4-10(14)7-9;1-10-5-2-3-7(9)6(8)4-5;8-6-3-1-2-5(4-6)7(9)10/h2-7H,1H3;2-8H,1H3;2-4H,1H3;1-4,9-10H. The Bertz CT molecular complexity index is 2110. The first-order chi connectivity index (χ1) is 25.3. The summed E-state index contributed by atoms with van der Waals surface area (Å²) in [5.74, 6) is -0.544. The molecule has 14 heteroatoms. The molecule has 0 aliphatic rings. The van der Waals surface area contributed by atoms with Gasteiger partial charge in [0.15, 0.2) is 0 Å². The normalized spacial score (nSPS) is 9.98. The summed E-state index contributed by atoms with van der Waals surface area (Å²) in [4.78, 5) is 0. The molecule has 6 aromatic carbocycles. The molecule has 53 heavy (non-hydrogen) atoms. The Morgan fingerprint density at radius 2 is 1.02 bits per heavy atom. The molecule has 0 aromatic heterocycles. The van der Waals surface area contributed by atoms with Crippen LogP contribution in [0.3, 0.4) is 0 Å². The first-order valence-electron chi connectivity index (χ1n) is 15.2. The minimum absolute atomic E-state index is 0.167. The van der Waals surface area contributed by atoms with Crippen molar-refractivity contribution in [1.82, 2.24) is 0 Å². The zero-order valence-electron chi connectivity index (χ0n) is 28.3. The Morgan fingerprint density at radius 3 is 1.47 bits per heavy atom. The maximum Gasteiger partial charge on any atom is 0.488 e. The molecule has 0 fully saturated rings. The topological polar surface area (TPSA) is 68.2 Å². The predicted molar refractivity (Wildman–Crippen MR) is 206 cm³/mol. The number of hydrogen-bond acceptors (Lipinski definition) is 5. The van der Waals surface area contributed by atoms with Crippen LogP contribution in [-0.2, 0) is 0 Å². The molecule has 0 unspecified atom stereocenters. The molecule has 5 nitrogen and oxygen atoms in total. The fraction of sp³-hybridized carbons (Fsp3) is 0.0769. The van der Waals surface area contributed by atoms with Gasteiger partial charge in [-0.05, 0) is 140 Å². The predicted octanol–water partition coefficient (Wildman–Crippen LogP) is 9.99. The van der Waals surface area contributed by atoms with Crippen molar-refractivity contribution in [2.75, 3.05) is 21.3 Å². The quantitative estimate of drug-likeness (QED) is 0.0991. The van der Waals surface area contributed by atoms with Gasteiger partial charge in [-0.25, -0.2) is 26.3 Å². The van der Waals surface area contributed by atoms with E-state index in [1.54, 1.807) is 55.6 Å². The third-order valence-electron chi connectivity index (χ3n) is 6.96. The number of ether oxygens (including phenoxy) is 3. The maximum absolute atomic E-state index is 13.8. The number of hydrogen-bond donors (Lipinski definition) is 2. The van der Waals surface area contributed by atoms with Crippen LogP contribution in [0.1, 0.15) is 0 Å². The molecule has 0 spiro atoms. The second-order valence-electron chi connectivity index (χ2n) is 10.5. The van der Waals surface area contributed by atoms with E-state index in [-0.39, 0.29) is 28.7 Å². The van der Waals surface area contributed by atoms with Gasteiger partial charge in [0.1, 0.15) is 52.2 Å². The van der Waals surface area contributed by atoms with Gasteiger partial charge < -0.3 is 24.3 Å². The van der Waals surface area contributed by atoms with E-state index in [0.717, 1.165) is 6.07 Å². The Kier molecular flexibility index (Phi) is 17.2. The van der Waals surface area contributed by atoms with Crippen molar-refractivity contribution in [2.24, 2.45) is 0 Å². The molecule has 6 aromatic rings. The van der Waals surface area contributed by atoms with Gasteiger partial charge in [-0.2, -0.15) is 0 Å². The van der Waals surface area contributed by atoms with Gasteiger partial charge in [-0.3, -0.25) is 0 Å². The molecule has 2 N–H and O–H groups in total. The fourth-order valence-electron chi connectivity index (χ4n) is 4.34. The number of benzene rings is 6. The second kappa shape index (κ2) is 21.3. The SMILES string of the molecule is COc1cc(-c2cccc(F)c2)c(F)cc1I.COc1ccc(F)c(-c2cccc(F)c2)c1.COc1ccc(F)c(Br)c1.OB(O)c1cccc(F)c1. The summed E-state index contributed by atoms with van der Waals surface area (Å²) in [6.07, 6.45) is 0. The van der Waals surface area contributed by atoms with Gasteiger partial charge in [-0.15, -0.1) is 0 Å². The van der Waals surface area contributed by atoms with Gasteiger partial charge in [-0.1, -0.05) is 36.4 Å². The highest BCUT2D eigenvalue weighted by Crippen LogP contribution is 2.31. The largest absolute Gasteiger partial charge is 0.497 e. The van der Waals surface area contributed by atoms with Gasteiger partial charge in [0, 0.05) is 11.1 Å². The van der Waals surface area contributed by atoms with E-state index in [9.17, 15) is 26.3 Å². The molecule has 6 rings (SSSR count). The third-order valence-corrected chi connectivity index (χ3v) is 8.41. The Balaban J connectivity index is 0.000000196. The molecule has 0 amide bonds. The summed E-state index contributed by atoms with van der Waals surface area (Å²) < 4.78 is 94.4. The van der Waals surface area contributed by atoms with E-state index in [4.69, 9.17) is 24.3 Å². The van der Waals surface area contributed by atoms with Gasteiger partial charge >= 0.3 is 7.12 Å². The lowest BCUT2D eigenvalue weighted by Gasteiger charge is -2.08. The Labute approximate surface area is 325 Å². The van der Waals surface area contributed by atoms with Crippen LogP contribution in [0, 0.1) is 38.5 Å². The molecule has 0 aliphatic carbocycles. The number of halogens is 8. The van der Waals surface area contributed by atoms with E-state index in [1.807, 2.05) is 22.6 Å². The van der Waals surface area contributed by atoms with E-state index in [1.165, 1.54) is 80.9 Å². The van der Waals surface area contributed by atoms with Crippen LogP contribution in [0.25, 0.3) is 22.3 Å². The minimum Gasteiger partial charge on any atom is -0.497 e. The molecule has 0 saturated carbocycles. The molecule has 0 radical (unpaired) electrons. The molecule has 0 bridgehead atoms. The van der Waals surface area contributed by atoms with Crippen molar-refractivity contribution in [3.05, 3.63) is 164 Å². The average Bonchev–Trinajstić information content (AvgIpc) is 3.14. The fourth-order valence-corrected chi connectivity index (χ4v) is 5.35. The molecule has 276 valence electrons. The molecule has 0 saturated heterocycles. The van der Waals surface area contributed by atoms with Crippen molar-refractivity contribution < 1.29 is 50.6 Å². The van der Waals surface area contributed by atoms with Crippen LogP contribution < -0.4 is 19.7 Å². The van der Waals surface area contributed by atoms with Crippen molar-refractivity contribution in [2.45, 2.75) is 0 Å². The highest BCUT2D eigenvalue weighted by Gasteiger charge is 2.12. The lowest BCUT2D eigenvalue weighted by atomic mass is 9.80. The first-order valence-corrected chi connectivity index (χ1v) is 17.1. The maximum atomic E-state index is 13.8. The van der Waals surface area contributed by atoms with Crippen LogP contribution in [0.5, 0.6) is 17.2 Å². The summed E-state index contributed by atoms with van der Waals surface area (Å²) >= 11 is 5.02. The van der Waals surface area contributed by atoms with E-state index >= 15 is 0 Å². The van der Waals surface area contributed by atoms with Gasteiger partial charge in [0.25, 0.3) is 0 Å². The van der Waals surface area contributed by atoms with Gasteiger partial charge in [0.2, 0.25) is 0 Å². The average molecular weight is 911 g/mol. The summed E-state index contributed by atoms with van der Waals surface area (Å²) in [7, 11) is 2.98. The summed E-state index contributed by atoms with van der Waals surface area (Å²) in [6, 6.07) is 28.6. The minimum atomic E-state index is -1.59. The van der Waals surface area contributed by atoms with E-state index in [2.05, 4.69) is 15.9 Å². The second-order valence-corrected chi connectivity index (χ2v) is 12.6. The third kappa shape index (κ3) is 13.4. The molecule has 0 heterocycles. The van der Waals surface area contributed by atoms with Crippen molar-refractivity contribution in [3.63, 3.8) is 0 Å². The summed E-state index contributed by atoms with van der Waals surface area (Å²) in [6.45, 7) is 0.